The summed E-state index contributed by atoms with van der Waals surface area (Å²) in [5.41, 5.74) is 4.22. The number of aliphatic carboxylic acids is 1. The van der Waals surface area contributed by atoms with Gasteiger partial charge in [-0.2, -0.15) is 0 Å². The molecule has 174 valence electrons. The van der Waals surface area contributed by atoms with Crippen LogP contribution in [0.25, 0.3) is 11.1 Å². The number of ether oxygens (including phenoxy) is 1. The summed E-state index contributed by atoms with van der Waals surface area (Å²) in [6.45, 7) is 0.755. The molecule has 2 aromatic carbocycles. The minimum atomic E-state index is -3.27. The number of amides is 2. The molecule has 3 unspecified atom stereocenters. The molecule has 0 aliphatic heterocycles. The van der Waals surface area contributed by atoms with E-state index in [1.165, 1.54) is 6.92 Å². The molecule has 0 bridgehead atoms. The zero-order valence-corrected chi connectivity index (χ0v) is 17.9. The number of benzene rings is 2. The van der Waals surface area contributed by atoms with Gasteiger partial charge < -0.3 is 20.5 Å². The van der Waals surface area contributed by atoms with E-state index in [2.05, 4.69) is 10.6 Å². The van der Waals surface area contributed by atoms with Crippen LogP contribution in [0.2, 0.25) is 0 Å². The van der Waals surface area contributed by atoms with Crippen LogP contribution in [0.5, 0.6) is 0 Å². The molecule has 3 N–H and O–H groups in total. The molecule has 2 aliphatic rings. The smallest absolute Gasteiger partial charge is 0.407 e. The van der Waals surface area contributed by atoms with Gasteiger partial charge in [-0.05, 0) is 22.3 Å². The van der Waals surface area contributed by atoms with Crippen LogP contribution in [0.15, 0.2) is 48.5 Å². The number of alkyl halides is 2. The minimum Gasteiger partial charge on any atom is -0.481 e. The number of nitrogens with one attached hydrogen (secondary N) is 2. The fourth-order valence-electron chi connectivity index (χ4n) is 4.30. The largest absolute Gasteiger partial charge is 0.481 e. The Kier molecular flexibility index (Phi) is 6.05. The fourth-order valence-corrected chi connectivity index (χ4v) is 4.30. The Balaban J connectivity index is 1.29. The predicted molar refractivity (Wildman–Crippen MR) is 115 cm³/mol. The molecule has 0 aromatic heterocycles. The SMILES string of the molecule is CC(CNC(=O)C1C(CNC(=O)OCC2c3ccccc3-c3ccccc32)C1(F)F)C(=O)O. The molecule has 0 radical (unpaired) electrons. The highest BCUT2D eigenvalue weighted by molar-refractivity contribution is 5.84. The Morgan fingerprint density at radius 2 is 1.61 bits per heavy atom. The van der Waals surface area contributed by atoms with Crippen LogP contribution >= 0.6 is 0 Å². The molecule has 0 heterocycles. The molecule has 2 amide bonds. The first-order valence-corrected chi connectivity index (χ1v) is 10.7. The normalized spacial score (nSPS) is 20.8. The van der Waals surface area contributed by atoms with Gasteiger partial charge in [-0.3, -0.25) is 9.59 Å². The number of fused-ring (bicyclic) bond motifs is 3. The number of rotatable bonds is 8. The maximum atomic E-state index is 14.0. The van der Waals surface area contributed by atoms with Crippen molar-refractivity contribution in [2.45, 2.75) is 18.8 Å². The molecule has 2 aromatic rings. The number of carboxylic acid groups (broad SMARTS) is 1. The fraction of sp³-hybridized carbons (Fsp3) is 0.375. The van der Waals surface area contributed by atoms with Crippen molar-refractivity contribution in [1.29, 1.82) is 0 Å². The van der Waals surface area contributed by atoms with Gasteiger partial charge in [0.25, 0.3) is 5.92 Å². The molecule has 0 spiro atoms. The van der Waals surface area contributed by atoms with Crippen LogP contribution in [0.1, 0.15) is 24.0 Å². The van der Waals surface area contributed by atoms with E-state index in [1.807, 2.05) is 48.5 Å². The lowest BCUT2D eigenvalue weighted by Gasteiger charge is -2.14. The van der Waals surface area contributed by atoms with Gasteiger partial charge in [0.15, 0.2) is 0 Å². The number of carbonyl (C=O) groups excluding carboxylic acids is 2. The van der Waals surface area contributed by atoms with Crippen molar-refractivity contribution in [3.05, 3.63) is 59.7 Å². The van der Waals surface area contributed by atoms with E-state index in [1.54, 1.807) is 0 Å². The van der Waals surface area contributed by atoms with E-state index in [-0.39, 0.29) is 19.1 Å². The van der Waals surface area contributed by atoms with Crippen LogP contribution in [0, 0.1) is 17.8 Å². The first kappa shape index (κ1) is 22.7. The third-order valence-electron chi connectivity index (χ3n) is 6.30. The number of hydrogen-bond donors (Lipinski definition) is 3. The third-order valence-corrected chi connectivity index (χ3v) is 6.30. The highest BCUT2D eigenvalue weighted by Gasteiger charge is 2.71. The second-order valence-electron chi connectivity index (χ2n) is 8.45. The topological polar surface area (TPSA) is 105 Å². The summed E-state index contributed by atoms with van der Waals surface area (Å²) in [6.07, 6.45) is -0.835. The van der Waals surface area contributed by atoms with E-state index in [9.17, 15) is 23.2 Å². The van der Waals surface area contributed by atoms with Gasteiger partial charge >= 0.3 is 12.1 Å². The van der Waals surface area contributed by atoms with Gasteiger partial charge in [0.05, 0.1) is 11.8 Å². The standard InChI is InChI=1S/C24H24F2N2O5/c1-13(22(30)31)10-27-21(29)20-19(24(20,25)26)11-28-23(32)33-12-18-16-8-4-2-6-14(16)15-7-3-5-9-17(15)18/h2-9,13,18-20H,10-12H2,1H3,(H,27,29)(H,28,32)(H,30,31). The Labute approximate surface area is 189 Å². The second-order valence-corrected chi connectivity index (χ2v) is 8.45. The van der Waals surface area contributed by atoms with Crippen LogP contribution in [-0.4, -0.2) is 48.7 Å². The first-order chi connectivity index (χ1) is 15.7. The maximum absolute atomic E-state index is 14.0. The molecule has 3 atom stereocenters. The van der Waals surface area contributed by atoms with Crippen LogP contribution in [0.4, 0.5) is 13.6 Å². The Morgan fingerprint density at radius 1 is 1.03 bits per heavy atom. The zero-order valence-electron chi connectivity index (χ0n) is 17.9. The van der Waals surface area contributed by atoms with E-state index >= 15 is 0 Å². The third kappa shape index (κ3) is 4.40. The Morgan fingerprint density at radius 3 is 2.18 bits per heavy atom. The van der Waals surface area contributed by atoms with Crippen LogP contribution in [0.3, 0.4) is 0 Å². The van der Waals surface area contributed by atoms with Gasteiger partial charge in [-0.15, -0.1) is 0 Å². The average Bonchev–Trinajstić information content (AvgIpc) is 3.20. The summed E-state index contributed by atoms with van der Waals surface area (Å²) in [7, 11) is 0. The monoisotopic (exact) mass is 458 g/mol. The summed E-state index contributed by atoms with van der Waals surface area (Å²) in [4.78, 5) is 35.0. The van der Waals surface area contributed by atoms with Crippen molar-refractivity contribution in [1.82, 2.24) is 10.6 Å². The van der Waals surface area contributed by atoms with E-state index < -0.39 is 48.2 Å². The lowest BCUT2D eigenvalue weighted by atomic mass is 9.98. The average molecular weight is 458 g/mol. The van der Waals surface area contributed by atoms with Crippen LogP contribution < -0.4 is 10.6 Å². The molecule has 1 fully saturated rings. The van der Waals surface area contributed by atoms with Gasteiger partial charge in [-0.25, -0.2) is 13.6 Å². The Hall–Kier alpha value is -3.49. The molecule has 9 heteroatoms. The number of carboxylic acids is 1. The molecule has 4 rings (SSSR count). The highest BCUT2D eigenvalue weighted by atomic mass is 19.3. The number of halogens is 2. The van der Waals surface area contributed by atoms with Gasteiger partial charge in [0.1, 0.15) is 12.5 Å². The minimum absolute atomic E-state index is 0.0535. The van der Waals surface area contributed by atoms with Gasteiger partial charge in [-0.1, -0.05) is 55.5 Å². The summed E-state index contributed by atoms with van der Waals surface area (Å²) in [6, 6.07) is 15.7. The first-order valence-electron chi connectivity index (χ1n) is 10.7. The summed E-state index contributed by atoms with van der Waals surface area (Å²) < 4.78 is 33.4. The quantitative estimate of drug-likeness (QED) is 0.563. The molecule has 2 aliphatic carbocycles. The molecule has 1 saturated carbocycles. The molecule has 0 saturated heterocycles. The Bertz CT molecular complexity index is 1040. The highest BCUT2D eigenvalue weighted by Crippen LogP contribution is 2.55. The molecular formula is C24H24F2N2O5. The number of carbonyl (C=O) groups is 3. The van der Waals surface area contributed by atoms with E-state index in [0.29, 0.717) is 0 Å². The molecular weight excluding hydrogens is 434 g/mol. The zero-order chi connectivity index (χ0) is 23.8. The lowest BCUT2D eigenvalue weighted by Crippen LogP contribution is -2.34. The van der Waals surface area contributed by atoms with Crippen molar-refractivity contribution in [3.8, 4) is 11.1 Å². The summed E-state index contributed by atoms with van der Waals surface area (Å²) in [5.74, 6) is -9.34. The van der Waals surface area contributed by atoms with Gasteiger partial charge in [0.2, 0.25) is 5.91 Å². The van der Waals surface area contributed by atoms with Gasteiger partial charge in [0, 0.05) is 19.0 Å². The van der Waals surface area contributed by atoms with Crippen molar-refractivity contribution >= 4 is 18.0 Å². The number of alkyl carbamates (subject to hydrolysis) is 1. The van der Waals surface area contributed by atoms with Crippen molar-refractivity contribution in [2.75, 3.05) is 19.7 Å². The maximum Gasteiger partial charge on any atom is 0.407 e. The summed E-state index contributed by atoms with van der Waals surface area (Å²) in [5, 5.41) is 13.4. The van der Waals surface area contributed by atoms with E-state index in [4.69, 9.17) is 9.84 Å². The lowest BCUT2D eigenvalue weighted by molar-refractivity contribution is -0.141. The second kappa shape index (κ2) is 8.80. The van der Waals surface area contributed by atoms with E-state index in [0.717, 1.165) is 22.3 Å². The number of hydrogen-bond acceptors (Lipinski definition) is 4. The molecule has 7 nitrogen and oxygen atoms in total. The van der Waals surface area contributed by atoms with Crippen molar-refractivity contribution < 1.29 is 33.0 Å². The van der Waals surface area contributed by atoms with Crippen LogP contribution in [-0.2, 0) is 14.3 Å². The summed E-state index contributed by atoms with van der Waals surface area (Å²) >= 11 is 0. The van der Waals surface area contributed by atoms with Crippen molar-refractivity contribution in [2.24, 2.45) is 17.8 Å². The molecule has 33 heavy (non-hydrogen) atoms. The van der Waals surface area contributed by atoms with Crippen molar-refractivity contribution in [3.63, 3.8) is 0 Å². The predicted octanol–water partition coefficient (Wildman–Crippen LogP) is 3.24.